The topological polar surface area (TPSA) is 26.3 Å². The van der Waals surface area contributed by atoms with E-state index in [-0.39, 0.29) is 5.78 Å². The number of benzene rings is 2. The normalized spacial score (nSPS) is 10.2. The summed E-state index contributed by atoms with van der Waals surface area (Å²) in [4.78, 5) is 12.4. The fraction of sp³-hybridized carbons (Fsp3) is 0.188. The smallest absolute Gasteiger partial charge is 0.193 e. The summed E-state index contributed by atoms with van der Waals surface area (Å²) < 4.78 is 5.25. The van der Waals surface area contributed by atoms with Crippen LogP contribution >= 0.6 is 0 Å². The lowest BCUT2D eigenvalue weighted by Gasteiger charge is -2.08. The van der Waals surface area contributed by atoms with Crippen LogP contribution in [-0.4, -0.2) is 12.9 Å². The van der Waals surface area contributed by atoms with Gasteiger partial charge in [0.25, 0.3) is 0 Å². The van der Waals surface area contributed by atoms with Gasteiger partial charge in [-0.15, -0.1) is 0 Å². The summed E-state index contributed by atoms with van der Waals surface area (Å²) in [6.07, 6.45) is 0. The summed E-state index contributed by atoms with van der Waals surface area (Å²) in [6, 6.07) is 13.2. The molecule has 0 atom stereocenters. The third-order valence-corrected chi connectivity index (χ3v) is 3.06. The van der Waals surface area contributed by atoms with Crippen LogP contribution in [0.25, 0.3) is 0 Å². The Morgan fingerprint density at radius 1 is 1.00 bits per heavy atom. The first-order valence-corrected chi connectivity index (χ1v) is 5.88. The van der Waals surface area contributed by atoms with Gasteiger partial charge in [0.15, 0.2) is 5.78 Å². The third kappa shape index (κ3) is 2.28. The second kappa shape index (κ2) is 5.05. The minimum Gasteiger partial charge on any atom is -0.496 e. The third-order valence-electron chi connectivity index (χ3n) is 3.06. The van der Waals surface area contributed by atoms with E-state index in [2.05, 4.69) is 0 Å². The monoisotopic (exact) mass is 240 g/mol. The van der Waals surface area contributed by atoms with Crippen LogP contribution < -0.4 is 4.74 Å². The molecule has 0 spiro atoms. The molecule has 2 rings (SSSR count). The second-order valence-electron chi connectivity index (χ2n) is 4.33. The Morgan fingerprint density at radius 2 is 1.72 bits per heavy atom. The summed E-state index contributed by atoms with van der Waals surface area (Å²) in [7, 11) is 1.62. The number of ketones is 1. The van der Waals surface area contributed by atoms with Crippen molar-refractivity contribution in [2.24, 2.45) is 0 Å². The first-order chi connectivity index (χ1) is 8.63. The molecule has 0 amide bonds. The zero-order chi connectivity index (χ0) is 13.1. The number of hydrogen-bond donors (Lipinski definition) is 0. The van der Waals surface area contributed by atoms with Crippen molar-refractivity contribution >= 4 is 5.78 Å². The molecular weight excluding hydrogens is 224 g/mol. The molecule has 0 saturated heterocycles. The molecule has 0 aliphatic carbocycles. The zero-order valence-corrected chi connectivity index (χ0v) is 10.9. The van der Waals surface area contributed by atoms with Crippen LogP contribution in [0.3, 0.4) is 0 Å². The molecule has 2 aromatic carbocycles. The minimum atomic E-state index is 0.0337. The summed E-state index contributed by atoms with van der Waals surface area (Å²) in [5.41, 5.74) is 3.41. The number of hydrogen-bond acceptors (Lipinski definition) is 2. The summed E-state index contributed by atoms with van der Waals surface area (Å²) in [5.74, 6) is 0.779. The van der Waals surface area contributed by atoms with Crippen LogP contribution in [0.2, 0.25) is 0 Å². The maximum absolute atomic E-state index is 12.4. The van der Waals surface area contributed by atoms with E-state index in [9.17, 15) is 4.79 Å². The molecule has 0 aliphatic heterocycles. The highest BCUT2D eigenvalue weighted by Gasteiger charge is 2.12. The van der Waals surface area contributed by atoms with E-state index in [1.807, 2.05) is 50.2 Å². The highest BCUT2D eigenvalue weighted by molar-refractivity contribution is 6.10. The molecule has 0 N–H and O–H groups in total. The molecule has 2 nitrogen and oxygen atoms in total. The van der Waals surface area contributed by atoms with E-state index >= 15 is 0 Å². The second-order valence-corrected chi connectivity index (χ2v) is 4.33. The summed E-state index contributed by atoms with van der Waals surface area (Å²) >= 11 is 0. The molecule has 0 fully saturated rings. The van der Waals surface area contributed by atoms with Crippen molar-refractivity contribution in [1.82, 2.24) is 0 Å². The molecule has 0 saturated carbocycles. The number of methoxy groups -OCH3 is 1. The lowest BCUT2D eigenvalue weighted by atomic mass is 9.98. The molecule has 0 unspecified atom stereocenters. The van der Waals surface area contributed by atoms with Gasteiger partial charge in [0.1, 0.15) is 5.75 Å². The predicted octanol–water partition coefficient (Wildman–Crippen LogP) is 3.54. The maximum atomic E-state index is 12.4. The van der Waals surface area contributed by atoms with Crippen LogP contribution in [0.1, 0.15) is 27.0 Å². The van der Waals surface area contributed by atoms with Gasteiger partial charge in [-0.2, -0.15) is 0 Å². The van der Waals surface area contributed by atoms with Crippen molar-refractivity contribution in [2.75, 3.05) is 7.11 Å². The van der Waals surface area contributed by atoms with Gasteiger partial charge in [-0.3, -0.25) is 4.79 Å². The lowest BCUT2D eigenvalue weighted by molar-refractivity contribution is 0.103. The molecule has 0 aliphatic rings. The van der Waals surface area contributed by atoms with E-state index in [0.29, 0.717) is 5.56 Å². The van der Waals surface area contributed by atoms with Gasteiger partial charge >= 0.3 is 0 Å². The van der Waals surface area contributed by atoms with Gasteiger partial charge < -0.3 is 4.74 Å². The van der Waals surface area contributed by atoms with E-state index in [1.165, 1.54) is 0 Å². The Labute approximate surface area is 107 Å². The first-order valence-electron chi connectivity index (χ1n) is 5.88. The Balaban J connectivity index is 2.44. The highest BCUT2D eigenvalue weighted by Crippen LogP contribution is 2.21. The van der Waals surface area contributed by atoms with Crippen molar-refractivity contribution in [3.05, 3.63) is 64.7 Å². The van der Waals surface area contributed by atoms with E-state index < -0.39 is 0 Å². The first kappa shape index (κ1) is 12.4. The fourth-order valence-electron chi connectivity index (χ4n) is 1.94. The molecule has 92 valence electrons. The van der Waals surface area contributed by atoms with Crippen molar-refractivity contribution < 1.29 is 9.53 Å². The minimum absolute atomic E-state index is 0.0337. The highest BCUT2D eigenvalue weighted by atomic mass is 16.5. The molecule has 0 radical (unpaired) electrons. The summed E-state index contributed by atoms with van der Waals surface area (Å²) in [6.45, 7) is 3.90. The average Bonchev–Trinajstić information content (AvgIpc) is 2.39. The average molecular weight is 240 g/mol. The standard InChI is InChI=1S/C16H16O2/c1-11-6-4-5-7-14(11)16(17)13-9-8-12(2)15(10-13)18-3/h4-10H,1-3H3. The molecule has 2 aromatic rings. The fourth-order valence-corrected chi connectivity index (χ4v) is 1.94. The van der Waals surface area contributed by atoms with Crippen molar-refractivity contribution in [3.63, 3.8) is 0 Å². The van der Waals surface area contributed by atoms with Crippen LogP contribution in [0.5, 0.6) is 5.75 Å². The Bertz CT molecular complexity index is 585. The Morgan fingerprint density at radius 3 is 2.39 bits per heavy atom. The molecule has 2 heteroatoms. The van der Waals surface area contributed by atoms with Crippen LogP contribution in [0.4, 0.5) is 0 Å². The van der Waals surface area contributed by atoms with Gasteiger partial charge in [-0.25, -0.2) is 0 Å². The zero-order valence-electron chi connectivity index (χ0n) is 10.9. The van der Waals surface area contributed by atoms with Gasteiger partial charge in [0.2, 0.25) is 0 Å². The van der Waals surface area contributed by atoms with Crippen molar-refractivity contribution in [1.29, 1.82) is 0 Å². The number of carbonyl (C=O) groups is 1. The van der Waals surface area contributed by atoms with Gasteiger partial charge in [-0.05, 0) is 31.0 Å². The van der Waals surface area contributed by atoms with Crippen molar-refractivity contribution in [3.8, 4) is 5.75 Å². The molecule has 0 heterocycles. The van der Waals surface area contributed by atoms with E-state index in [0.717, 1.165) is 22.4 Å². The number of carbonyl (C=O) groups excluding carboxylic acids is 1. The quantitative estimate of drug-likeness (QED) is 0.767. The van der Waals surface area contributed by atoms with Gasteiger partial charge in [0.05, 0.1) is 7.11 Å². The predicted molar refractivity (Wildman–Crippen MR) is 72.3 cm³/mol. The van der Waals surface area contributed by atoms with Crippen LogP contribution in [0, 0.1) is 13.8 Å². The Kier molecular flexibility index (Phi) is 3.47. The number of ether oxygens (including phenoxy) is 1. The Hall–Kier alpha value is -2.09. The van der Waals surface area contributed by atoms with Crippen molar-refractivity contribution in [2.45, 2.75) is 13.8 Å². The maximum Gasteiger partial charge on any atom is 0.193 e. The number of aryl methyl sites for hydroxylation is 2. The van der Waals surface area contributed by atoms with Gasteiger partial charge in [0, 0.05) is 11.1 Å². The van der Waals surface area contributed by atoms with E-state index in [1.54, 1.807) is 13.2 Å². The SMILES string of the molecule is COc1cc(C(=O)c2ccccc2C)ccc1C. The summed E-state index contributed by atoms with van der Waals surface area (Å²) in [5, 5.41) is 0. The van der Waals surface area contributed by atoms with Crippen LogP contribution in [0.15, 0.2) is 42.5 Å². The largest absolute Gasteiger partial charge is 0.496 e. The lowest BCUT2D eigenvalue weighted by Crippen LogP contribution is -2.04. The number of rotatable bonds is 3. The van der Waals surface area contributed by atoms with Crippen LogP contribution in [-0.2, 0) is 0 Å². The molecular formula is C16H16O2. The molecule has 0 bridgehead atoms. The van der Waals surface area contributed by atoms with Gasteiger partial charge in [-0.1, -0.05) is 36.4 Å². The van der Waals surface area contributed by atoms with E-state index in [4.69, 9.17) is 4.74 Å². The molecule has 18 heavy (non-hydrogen) atoms. The molecule has 0 aromatic heterocycles.